The Bertz CT molecular complexity index is 442. The van der Waals surface area contributed by atoms with Gasteiger partial charge in [-0.2, -0.15) is 0 Å². The number of carbonyl (C=O) groups is 1. The predicted molar refractivity (Wildman–Crippen MR) is 55.0 cm³/mol. The average Bonchev–Trinajstić information content (AvgIpc) is 2.73. The number of hydrogen-bond donors (Lipinski definition) is 0. The van der Waals surface area contributed by atoms with Crippen molar-refractivity contribution in [2.75, 3.05) is 0 Å². The zero-order valence-corrected chi connectivity index (χ0v) is 9.19. The minimum atomic E-state index is -0.965. The minimum absolute atomic E-state index is 0.218. The lowest BCUT2D eigenvalue weighted by Crippen LogP contribution is -2.09. The minimum Gasteiger partial charge on any atom is -0.290 e. The van der Waals surface area contributed by atoms with Crippen LogP contribution < -0.4 is 0 Å². The van der Waals surface area contributed by atoms with E-state index in [4.69, 9.17) is 0 Å². The highest BCUT2D eigenvalue weighted by Crippen LogP contribution is 2.36. The van der Waals surface area contributed by atoms with E-state index in [9.17, 15) is 9.18 Å². The zero-order valence-electron chi connectivity index (χ0n) is 9.19. The predicted octanol–water partition coefficient (Wildman–Crippen LogP) is 1.72. The Kier molecular flexibility index (Phi) is 2.09. The number of Topliss-reactive ketones (excluding diaryl/α,β-unsaturated/α-hetero) is 1. The van der Waals surface area contributed by atoms with Crippen molar-refractivity contribution in [2.45, 2.75) is 44.8 Å². The maximum absolute atomic E-state index is 12.8. The van der Waals surface area contributed by atoms with E-state index in [0.29, 0.717) is 12.5 Å². The van der Waals surface area contributed by atoms with Crippen molar-refractivity contribution in [2.24, 2.45) is 5.92 Å². The van der Waals surface area contributed by atoms with Crippen molar-refractivity contribution in [3.63, 3.8) is 0 Å². The Labute approximate surface area is 92.9 Å². The lowest BCUT2D eigenvalue weighted by molar-refractivity contribution is 0.0946. The van der Waals surface area contributed by atoms with Crippen molar-refractivity contribution < 1.29 is 9.18 Å². The molecule has 4 nitrogen and oxygen atoms in total. The Morgan fingerprint density at radius 1 is 1.62 bits per heavy atom. The summed E-state index contributed by atoms with van der Waals surface area (Å²) in [5.74, 6) is 0.414. The van der Waals surface area contributed by atoms with Gasteiger partial charge in [0.2, 0.25) is 11.6 Å². The number of aromatic nitrogens is 3. The van der Waals surface area contributed by atoms with Gasteiger partial charge in [0.1, 0.15) is 12.0 Å². The summed E-state index contributed by atoms with van der Waals surface area (Å²) in [7, 11) is 0. The summed E-state index contributed by atoms with van der Waals surface area (Å²) in [5.41, 5.74) is 0. The molecule has 0 bridgehead atoms. The summed E-state index contributed by atoms with van der Waals surface area (Å²) in [5, 5.41) is 4.23. The fraction of sp³-hybridized carbons (Fsp3) is 0.727. The maximum atomic E-state index is 12.8. The van der Waals surface area contributed by atoms with Gasteiger partial charge < -0.3 is 0 Å². The highest BCUT2D eigenvalue weighted by Gasteiger charge is 2.45. The summed E-state index contributed by atoms with van der Waals surface area (Å²) in [6.45, 7) is 2.10. The van der Waals surface area contributed by atoms with Crippen LogP contribution in [0.3, 0.4) is 0 Å². The molecule has 16 heavy (non-hydrogen) atoms. The molecule has 1 fully saturated rings. The molecular formula is C11H14FN3O. The van der Waals surface area contributed by atoms with Crippen molar-refractivity contribution in [1.29, 1.82) is 0 Å². The highest BCUT2D eigenvalue weighted by atomic mass is 19.1. The van der Waals surface area contributed by atoms with E-state index in [2.05, 4.69) is 17.0 Å². The van der Waals surface area contributed by atoms with Crippen LogP contribution in [0.15, 0.2) is 0 Å². The highest BCUT2D eigenvalue weighted by molar-refractivity contribution is 5.96. The first kappa shape index (κ1) is 9.93. The fourth-order valence-corrected chi connectivity index (χ4v) is 2.32. The third kappa shape index (κ3) is 1.37. The SMILES string of the molecule is CC[C@H]1CCc2nc(C(=O)[C@@H]3C[C@@H]3F)nn21. The average molecular weight is 223 g/mol. The van der Waals surface area contributed by atoms with Gasteiger partial charge in [-0.3, -0.25) is 4.79 Å². The molecule has 1 aliphatic heterocycles. The Hall–Kier alpha value is -1.26. The van der Waals surface area contributed by atoms with Gasteiger partial charge in [-0.25, -0.2) is 14.1 Å². The third-order valence-corrected chi connectivity index (χ3v) is 3.49. The van der Waals surface area contributed by atoms with Crippen molar-refractivity contribution in [3.8, 4) is 0 Å². The number of alkyl halides is 1. The first-order valence-electron chi connectivity index (χ1n) is 5.84. The third-order valence-electron chi connectivity index (χ3n) is 3.49. The summed E-state index contributed by atoms with van der Waals surface area (Å²) in [4.78, 5) is 16.0. The van der Waals surface area contributed by atoms with Crippen LogP contribution in [0, 0.1) is 5.92 Å². The standard InChI is InChI=1S/C11H14FN3O/c1-2-6-3-4-9-13-11(14-15(6)9)10(16)7-5-8(7)12/h6-8H,2-5H2,1H3/t6-,7+,8-/m0/s1. The number of halogens is 1. The van der Waals surface area contributed by atoms with Gasteiger partial charge >= 0.3 is 0 Å². The number of fused-ring (bicyclic) bond motifs is 1. The molecule has 3 atom stereocenters. The summed E-state index contributed by atoms with van der Waals surface area (Å²) in [6, 6.07) is 0.365. The van der Waals surface area contributed by atoms with Gasteiger partial charge in [-0.1, -0.05) is 6.92 Å². The maximum Gasteiger partial charge on any atom is 0.217 e. The molecule has 0 N–H and O–H groups in total. The molecule has 1 aromatic rings. The van der Waals surface area contributed by atoms with Crippen LogP contribution in [0.5, 0.6) is 0 Å². The molecule has 5 heteroatoms. The number of ketones is 1. The Balaban J connectivity index is 1.85. The molecule has 2 heterocycles. The van der Waals surface area contributed by atoms with E-state index < -0.39 is 12.1 Å². The number of nitrogens with zero attached hydrogens (tertiary/aromatic N) is 3. The van der Waals surface area contributed by atoms with E-state index in [-0.39, 0.29) is 11.6 Å². The second-order valence-electron chi connectivity index (χ2n) is 4.62. The molecule has 1 aliphatic carbocycles. The lowest BCUT2D eigenvalue weighted by atomic mass is 10.2. The summed E-state index contributed by atoms with van der Waals surface area (Å²) in [6.07, 6.45) is 2.31. The number of carbonyl (C=O) groups excluding carboxylic acids is 1. The molecule has 0 aromatic carbocycles. The van der Waals surface area contributed by atoms with Gasteiger partial charge in [-0.15, -0.1) is 5.10 Å². The van der Waals surface area contributed by atoms with Crippen molar-refractivity contribution in [3.05, 3.63) is 11.6 Å². The van der Waals surface area contributed by atoms with Crippen molar-refractivity contribution in [1.82, 2.24) is 14.8 Å². The van der Waals surface area contributed by atoms with E-state index >= 15 is 0 Å². The van der Waals surface area contributed by atoms with Crippen LogP contribution in [-0.2, 0) is 6.42 Å². The van der Waals surface area contributed by atoms with Crippen LogP contribution in [0.4, 0.5) is 4.39 Å². The molecule has 0 spiro atoms. The van der Waals surface area contributed by atoms with Crippen LogP contribution in [0.25, 0.3) is 0 Å². The molecule has 0 radical (unpaired) electrons. The molecule has 86 valence electrons. The van der Waals surface area contributed by atoms with E-state index in [0.717, 1.165) is 25.1 Å². The quantitative estimate of drug-likeness (QED) is 0.733. The van der Waals surface area contributed by atoms with Crippen molar-refractivity contribution >= 4 is 5.78 Å². The first-order valence-corrected chi connectivity index (χ1v) is 5.84. The van der Waals surface area contributed by atoms with E-state index in [1.807, 2.05) is 4.68 Å². The topological polar surface area (TPSA) is 47.8 Å². The molecule has 3 rings (SSSR count). The van der Waals surface area contributed by atoms with Gasteiger partial charge in [0, 0.05) is 6.42 Å². The smallest absolute Gasteiger partial charge is 0.217 e. The lowest BCUT2D eigenvalue weighted by Gasteiger charge is -2.06. The van der Waals surface area contributed by atoms with Crippen LogP contribution in [0.2, 0.25) is 0 Å². The Morgan fingerprint density at radius 2 is 2.38 bits per heavy atom. The molecule has 0 amide bonds. The van der Waals surface area contributed by atoms with Gasteiger partial charge in [-0.05, 0) is 19.3 Å². The van der Waals surface area contributed by atoms with Crippen LogP contribution in [-0.4, -0.2) is 26.7 Å². The second kappa shape index (κ2) is 3.37. The number of hydrogen-bond acceptors (Lipinski definition) is 3. The normalized spacial score (nSPS) is 31.5. The number of rotatable bonds is 3. The molecule has 0 saturated heterocycles. The van der Waals surface area contributed by atoms with E-state index in [1.54, 1.807) is 0 Å². The van der Waals surface area contributed by atoms with Crippen LogP contribution in [0.1, 0.15) is 48.7 Å². The van der Waals surface area contributed by atoms with E-state index in [1.165, 1.54) is 0 Å². The second-order valence-corrected chi connectivity index (χ2v) is 4.62. The monoisotopic (exact) mass is 223 g/mol. The zero-order chi connectivity index (χ0) is 11.3. The van der Waals surface area contributed by atoms with Gasteiger partial charge in [0.25, 0.3) is 0 Å². The molecule has 2 aliphatic rings. The van der Waals surface area contributed by atoms with Gasteiger partial charge in [0.15, 0.2) is 0 Å². The largest absolute Gasteiger partial charge is 0.290 e. The summed E-state index contributed by atoms with van der Waals surface area (Å²) < 4.78 is 14.6. The van der Waals surface area contributed by atoms with Crippen LogP contribution >= 0.6 is 0 Å². The molecule has 1 saturated carbocycles. The molecular weight excluding hydrogens is 209 g/mol. The fourth-order valence-electron chi connectivity index (χ4n) is 2.32. The first-order chi connectivity index (χ1) is 7.70. The number of aryl methyl sites for hydroxylation is 1. The van der Waals surface area contributed by atoms with Gasteiger partial charge in [0.05, 0.1) is 12.0 Å². The Morgan fingerprint density at radius 3 is 3.00 bits per heavy atom. The summed E-state index contributed by atoms with van der Waals surface area (Å²) >= 11 is 0. The molecule has 1 aromatic heterocycles. The molecule has 0 unspecified atom stereocenters.